The number of carboxylic acids is 1. The average molecular weight is 291 g/mol. The molecule has 0 aromatic heterocycles. The molecule has 0 saturated heterocycles. The van der Waals surface area contributed by atoms with E-state index >= 15 is 0 Å². The minimum Gasteiger partial charge on any atom is -0.478 e. The van der Waals surface area contributed by atoms with Gasteiger partial charge in [-0.05, 0) is 24.6 Å². The topological polar surface area (TPSA) is 66.4 Å². The Morgan fingerprint density at radius 1 is 1.05 bits per heavy atom. The normalized spacial score (nSPS) is 10.3. The number of carboxylic acid groups (broad SMARTS) is 1. The van der Waals surface area contributed by atoms with Gasteiger partial charge in [-0.3, -0.25) is 4.79 Å². The molecule has 4 nitrogen and oxygen atoms in total. The molecule has 0 fully saturated rings. The van der Waals surface area contributed by atoms with Crippen LogP contribution in [0.2, 0.25) is 0 Å². The third-order valence-corrected chi connectivity index (χ3v) is 3.40. The first kappa shape index (κ1) is 17.2. The highest BCUT2D eigenvalue weighted by Crippen LogP contribution is 2.12. The fourth-order valence-corrected chi connectivity index (χ4v) is 2.20. The van der Waals surface area contributed by atoms with Crippen molar-refractivity contribution in [3.05, 3.63) is 29.8 Å². The monoisotopic (exact) mass is 291 g/mol. The van der Waals surface area contributed by atoms with Crippen molar-refractivity contribution in [1.82, 2.24) is 0 Å². The van der Waals surface area contributed by atoms with Crippen LogP contribution in [0.1, 0.15) is 68.6 Å². The number of amides is 1. The predicted octanol–water partition coefficient (Wildman–Crippen LogP) is 4.46. The van der Waals surface area contributed by atoms with E-state index in [4.69, 9.17) is 5.11 Å². The van der Waals surface area contributed by atoms with Gasteiger partial charge in [0.25, 0.3) is 0 Å². The highest BCUT2D eigenvalue weighted by molar-refractivity contribution is 5.93. The number of nitrogens with one attached hydrogen (secondary N) is 1. The smallest absolute Gasteiger partial charge is 0.335 e. The van der Waals surface area contributed by atoms with Crippen molar-refractivity contribution < 1.29 is 14.7 Å². The third-order valence-electron chi connectivity index (χ3n) is 3.40. The molecule has 116 valence electrons. The summed E-state index contributed by atoms with van der Waals surface area (Å²) in [5.74, 6) is -1.04. The summed E-state index contributed by atoms with van der Waals surface area (Å²) in [7, 11) is 0. The predicted molar refractivity (Wildman–Crippen MR) is 84.6 cm³/mol. The zero-order valence-electron chi connectivity index (χ0n) is 12.7. The molecule has 0 unspecified atom stereocenters. The van der Waals surface area contributed by atoms with Gasteiger partial charge in [0.05, 0.1) is 5.56 Å². The molecular formula is C17H25NO3. The number of rotatable bonds is 10. The first-order chi connectivity index (χ1) is 10.1. The van der Waals surface area contributed by atoms with Crippen molar-refractivity contribution in [1.29, 1.82) is 0 Å². The van der Waals surface area contributed by atoms with Crippen molar-refractivity contribution >= 4 is 17.6 Å². The van der Waals surface area contributed by atoms with E-state index in [1.54, 1.807) is 12.1 Å². The number of anilines is 1. The first-order valence-electron chi connectivity index (χ1n) is 7.76. The summed E-state index contributed by atoms with van der Waals surface area (Å²) in [4.78, 5) is 22.6. The van der Waals surface area contributed by atoms with Gasteiger partial charge in [-0.2, -0.15) is 0 Å². The molecule has 1 rings (SSSR count). The fourth-order valence-electron chi connectivity index (χ4n) is 2.20. The standard InChI is InChI=1S/C17H25NO3/c1-2-3-4-5-6-7-8-12-16(19)18-15-11-9-10-14(13-15)17(20)21/h9-11,13H,2-8,12H2,1H3,(H,18,19)(H,20,21). The van der Waals surface area contributed by atoms with E-state index in [0.29, 0.717) is 12.1 Å². The van der Waals surface area contributed by atoms with Crippen LogP contribution in [-0.4, -0.2) is 17.0 Å². The van der Waals surface area contributed by atoms with Gasteiger partial charge < -0.3 is 10.4 Å². The van der Waals surface area contributed by atoms with Crippen molar-refractivity contribution in [3.63, 3.8) is 0 Å². The van der Waals surface area contributed by atoms with Gasteiger partial charge in [-0.1, -0.05) is 51.5 Å². The van der Waals surface area contributed by atoms with Crippen LogP contribution in [0.3, 0.4) is 0 Å². The molecule has 1 aromatic rings. The van der Waals surface area contributed by atoms with Gasteiger partial charge in [-0.25, -0.2) is 4.79 Å². The lowest BCUT2D eigenvalue weighted by molar-refractivity contribution is -0.116. The van der Waals surface area contributed by atoms with Gasteiger partial charge >= 0.3 is 5.97 Å². The molecule has 0 heterocycles. The number of aromatic carboxylic acids is 1. The summed E-state index contributed by atoms with van der Waals surface area (Å²) < 4.78 is 0. The van der Waals surface area contributed by atoms with Crippen LogP contribution in [0.5, 0.6) is 0 Å². The highest BCUT2D eigenvalue weighted by atomic mass is 16.4. The van der Waals surface area contributed by atoms with E-state index in [1.807, 2.05) is 0 Å². The van der Waals surface area contributed by atoms with Crippen molar-refractivity contribution in [3.8, 4) is 0 Å². The Morgan fingerprint density at radius 3 is 2.38 bits per heavy atom. The lowest BCUT2D eigenvalue weighted by Gasteiger charge is -2.06. The Balaban J connectivity index is 2.21. The van der Waals surface area contributed by atoms with Gasteiger partial charge in [0.15, 0.2) is 0 Å². The molecule has 0 spiro atoms. The first-order valence-corrected chi connectivity index (χ1v) is 7.76. The number of hydrogen-bond acceptors (Lipinski definition) is 2. The SMILES string of the molecule is CCCCCCCCCC(=O)Nc1cccc(C(=O)O)c1. The van der Waals surface area contributed by atoms with Crippen LogP contribution >= 0.6 is 0 Å². The number of carbonyl (C=O) groups excluding carboxylic acids is 1. The minimum absolute atomic E-state index is 0.0499. The quantitative estimate of drug-likeness (QED) is 0.625. The fraction of sp³-hybridized carbons (Fsp3) is 0.529. The van der Waals surface area contributed by atoms with Crippen molar-refractivity contribution in [2.75, 3.05) is 5.32 Å². The van der Waals surface area contributed by atoms with Crippen LogP contribution in [0, 0.1) is 0 Å². The molecule has 0 saturated carbocycles. The summed E-state index contributed by atoms with van der Waals surface area (Å²) in [6, 6.07) is 6.32. The second-order valence-electron chi connectivity index (χ2n) is 5.31. The lowest BCUT2D eigenvalue weighted by Crippen LogP contribution is -2.11. The van der Waals surface area contributed by atoms with Gasteiger partial charge in [0.1, 0.15) is 0 Å². The van der Waals surface area contributed by atoms with Crippen molar-refractivity contribution in [2.45, 2.75) is 58.3 Å². The molecule has 2 N–H and O–H groups in total. The zero-order valence-corrected chi connectivity index (χ0v) is 12.7. The van der Waals surface area contributed by atoms with E-state index in [1.165, 1.54) is 44.2 Å². The zero-order chi connectivity index (χ0) is 15.5. The molecular weight excluding hydrogens is 266 g/mol. The Morgan fingerprint density at radius 2 is 1.71 bits per heavy atom. The molecule has 0 bridgehead atoms. The molecule has 0 aliphatic carbocycles. The van der Waals surface area contributed by atoms with Gasteiger partial charge in [0, 0.05) is 12.1 Å². The molecule has 0 aliphatic rings. The number of hydrogen-bond donors (Lipinski definition) is 2. The summed E-state index contributed by atoms with van der Waals surface area (Å²) in [6.45, 7) is 2.20. The van der Waals surface area contributed by atoms with E-state index < -0.39 is 5.97 Å². The summed E-state index contributed by atoms with van der Waals surface area (Å²) in [6.07, 6.45) is 8.70. The molecule has 4 heteroatoms. The summed E-state index contributed by atoms with van der Waals surface area (Å²) >= 11 is 0. The number of benzene rings is 1. The average Bonchev–Trinajstić information content (AvgIpc) is 2.46. The van der Waals surface area contributed by atoms with Crippen LogP contribution in [0.15, 0.2) is 24.3 Å². The molecule has 21 heavy (non-hydrogen) atoms. The van der Waals surface area contributed by atoms with Gasteiger partial charge in [0.2, 0.25) is 5.91 Å². The maximum Gasteiger partial charge on any atom is 0.335 e. The molecule has 0 radical (unpaired) electrons. The maximum absolute atomic E-state index is 11.8. The van der Waals surface area contributed by atoms with E-state index in [9.17, 15) is 9.59 Å². The van der Waals surface area contributed by atoms with E-state index in [-0.39, 0.29) is 11.5 Å². The largest absolute Gasteiger partial charge is 0.478 e. The molecule has 0 aliphatic heterocycles. The Hall–Kier alpha value is -1.84. The van der Waals surface area contributed by atoms with E-state index in [0.717, 1.165) is 12.8 Å². The Kier molecular flexibility index (Phi) is 8.17. The molecule has 1 amide bonds. The van der Waals surface area contributed by atoms with Crippen LogP contribution < -0.4 is 5.32 Å². The Bertz CT molecular complexity index is 457. The van der Waals surface area contributed by atoms with Gasteiger partial charge in [-0.15, -0.1) is 0 Å². The highest BCUT2D eigenvalue weighted by Gasteiger charge is 2.06. The Labute approximate surface area is 126 Å². The molecule has 1 aromatic carbocycles. The van der Waals surface area contributed by atoms with Crippen molar-refractivity contribution in [2.24, 2.45) is 0 Å². The second kappa shape index (κ2) is 9.97. The maximum atomic E-state index is 11.8. The summed E-state index contributed by atoms with van der Waals surface area (Å²) in [5.41, 5.74) is 0.728. The second-order valence-corrected chi connectivity index (χ2v) is 5.31. The van der Waals surface area contributed by atoms with Crippen LogP contribution in [0.4, 0.5) is 5.69 Å². The number of carbonyl (C=O) groups is 2. The lowest BCUT2D eigenvalue weighted by atomic mass is 10.1. The third kappa shape index (κ3) is 7.49. The molecule has 0 atom stereocenters. The summed E-state index contributed by atoms with van der Waals surface area (Å²) in [5, 5.41) is 11.6. The number of unbranched alkanes of at least 4 members (excludes halogenated alkanes) is 6. The minimum atomic E-state index is -0.988. The van der Waals surface area contributed by atoms with Crippen LogP contribution in [-0.2, 0) is 4.79 Å². The van der Waals surface area contributed by atoms with Crippen LogP contribution in [0.25, 0.3) is 0 Å². The van der Waals surface area contributed by atoms with E-state index in [2.05, 4.69) is 12.2 Å².